The van der Waals surface area contributed by atoms with Crippen molar-refractivity contribution in [2.24, 2.45) is 16.9 Å². The number of nitrogens with two attached hydrogens (primary N) is 2. The number of rotatable bonds is 33. The Bertz CT molecular complexity index is 456. The molecule has 0 amide bonds. The summed E-state index contributed by atoms with van der Waals surface area (Å²) in [5, 5.41) is 0. The Morgan fingerprint density at radius 1 is 0.325 bits per heavy atom. The summed E-state index contributed by atoms with van der Waals surface area (Å²) in [5.41, 5.74) is 14.2. The van der Waals surface area contributed by atoms with Crippen molar-refractivity contribution in [3.8, 4) is 0 Å². The molecule has 4 N–H and O–H groups in total. The molecule has 2 nitrogen and oxygen atoms in total. The summed E-state index contributed by atoms with van der Waals surface area (Å²) in [5.74, 6) is 0. The highest BCUT2D eigenvalue weighted by molar-refractivity contribution is 5.02. The minimum absolute atomic E-state index is 0.00392. The van der Waals surface area contributed by atoms with E-state index in [2.05, 4.69) is 27.7 Å². The van der Waals surface area contributed by atoms with E-state index < -0.39 is 0 Å². The molecule has 0 radical (unpaired) electrons. The molecule has 0 atom stereocenters. The zero-order chi connectivity index (χ0) is 29.6. The Hall–Kier alpha value is -0.0800. The van der Waals surface area contributed by atoms with Crippen LogP contribution >= 0.6 is 0 Å². The van der Waals surface area contributed by atoms with Gasteiger partial charge in [0.05, 0.1) is 0 Å². The van der Waals surface area contributed by atoms with E-state index in [1.54, 1.807) is 0 Å². The van der Waals surface area contributed by atoms with Crippen LogP contribution in [0.3, 0.4) is 0 Å². The summed E-state index contributed by atoms with van der Waals surface area (Å²) in [7, 11) is 0. The molecule has 0 aromatic heterocycles. The van der Waals surface area contributed by atoms with Gasteiger partial charge in [0.25, 0.3) is 0 Å². The third-order valence-electron chi connectivity index (χ3n) is 10.1. The number of hydrogen-bond acceptors (Lipinski definition) is 2. The maximum absolute atomic E-state index is 7.83. The highest BCUT2D eigenvalue weighted by Gasteiger charge is 2.46. The van der Waals surface area contributed by atoms with Crippen LogP contribution in [-0.2, 0) is 0 Å². The molecule has 0 unspecified atom stereocenters. The van der Waals surface area contributed by atoms with E-state index in [9.17, 15) is 0 Å². The monoisotopic (exact) mass is 565 g/mol. The summed E-state index contributed by atoms with van der Waals surface area (Å²) < 4.78 is 0. The molecule has 0 aliphatic carbocycles. The van der Waals surface area contributed by atoms with Crippen LogP contribution in [0.15, 0.2) is 0 Å². The van der Waals surface area contributed by atoms with E-state index in [0.717, 1.165) is 6.54 Å². The van der Waals surface area contributed by atoms with Crippen molar-refractivity contribution in [3.05, 3.63) is 0 Å². The van der Waals surface area contributed by atoms with Gasteiger partial charge in [0, 0.05) is 5.54 Å². The van der Waals surface area contributed by atoms with Gasteiger partial charge in [-0.2, -0.15) is 0 Å². The average Bonchev–Trinajstić information content (AvgIpc) is 2.96. The SMILES string of the molecule is CCCCCCCCC(N)(CCCCCCCC)C(CCCCN)(CCCCCCCC)CCCCCCCC. The van der Waals surface area contributed by atoms with E-state index in [1.165, 1.54) is 199 Å². The molecular formula is C38H80N2. The van der Waals surface area contributed by atoms with Crippen LogP contribution in [0.2, 0.25) is 0 Å². The molecular weight excluding hydrogens is 484 g/mol. The fraction of sp³-hybridized carbons (Fsp3) is 1.00. The Morgan fingerprint density at radius 3 is 0.875 bits per heavy atom. The number of hydrogen-bond donors (Lipinski definition) is 2. The molecule has 0 rings (SSSR count). The van der Waals surface area contributed by atoms with Crippen LogP contribution in [0.5, 0.6) is 0 Å². The highest BCUT2D eigenvalue weighted by Crippen LogP contribution is 2.49. The zero-order valence-corrected chi connectivity index (χ0v) is 28.8. The minimum atomic E-state index is 0.00392. The van der Waals surface area contributed by atoms with Gasteiger partial charge in [-0.1, -0.05) is 188 Å². The topological polar surface area (TPSA) is 52.0 Å². The highest BCUT2D eigenvalue weighted by atomic mass is 14.8. The number of unbranched alkanes of at least 4 members (excludes halogenated alkanes) is 21. The van der Waals surface area contributed by atoms with E-state index in [-0.39, 0.29) is 5.54 Å². The zero-order valence-electron chi connectivity index (χ0n) is 28.8. The van der Waals surface area contributed by atoms with Crippen molar-refractivity contribution < 1.29 is 0 Å². The fourth-order valence-corrected chi connectivity index (χ4v) is 7.31. The molecule has 0 heterocycles. The first-order valence-corrected chi connectivity index (χ1v) is 19.0. The summed E-state index contributed by atoms with van der Waals surface area (Å²) >= 11 is 0. The van der Waals surface area contributed by atoms with Gasteiger partial charge in [-0.25, -0.2) is 0 Å². The average molecular weight is 565 g/mol. The molecule has 0 saturated heterocycles. The van der Waals surface area contributed by atoms with Crippen LogP contribution in [0.4, 0.5) is 0 Å². The molecule has 0 bridgehead atoms. The molecule has 0 aliphatic rings. The van der Waals surface area contributed by atoms with Crippen LogP contribution in [0.1, 0.15) is 227 Å². The smallest absolute Gasteiger partial charge is 0.0211 e. The molecule has 242 valence electrons. The van der Waals surface area contributed by atoms with Crippen molar-refractivity contribution in [3.63, 3.8) is 0 Å². The summed E-state index contributed by atoms with van der Waals surface area (Å²) in [6.07, 6.45) is 42.2. The van der Waals surface area contributed by atoms with Gasteiger partial charge < -0.3 is 11.5 Å². The second-order valence-electron chi connectivity index (χ2n) is 13.8. The summed E-state index contributed by atoms with van der Waals surface area (Å²) in [6, 6.07) is 0. The lowest BCUT2D eigenvalue weighted by Gasteiger charge is -2.51. The first kappa shape index (κ1) is 39.9. The molecule has 40 heavy (non-hydrogen) atoms. The van der Waals surface area contributed by atoms with Gasteiger partial charge in [-0.05, 0) is 50.5 Å². The quantitative estimate of drug-likeness (QED) is 0.0779. The summed E-state index contributed by atoms with van der Waals surface area (Å²) in [6.45, 7) is 10.1. The molecule has 0 aliphatic heterocycles. The largest absolute Gasteiger partial charge is 0.330 e. The maximum Gasteiger partial charge on any atom is 0.0211 e. The first-order valence-electron chi connectivity index (χ1n) is 19.0. The van der Waals surface area contributed by atoms with Gasteiger partial charge in [0.15, 0.2) is 0 Å². The first-order chi connectivity index (χ1) is 19.6. The molecule has 0 aromatic rings. The lowest BCUT2D eigenvalue weighted by molar-refractivity contribution is 0.0513. The van der Waals surface area contributed by atoms with Crippen molar-refractivity contribution in [2.45, 2.75) is 232 Å². The van der Waals surface area contributed by atoms with Gasteiger partial charge in [-0.15, -0.1) is 0 Å². The van der Waals surface area contributed by atoms with Gasteiger partial charge in [-0.3, -0.25) is 0 Å². The Labute approximate surface area is 255 Å². The lowest BCUT2D eigenvalue weighted by atomic mass is 9.58. The predicted molar refractivity (Wildman–Crippen MR) is 184 cm³/mol. The van der Waals surface area contributed by atoms with Gasteiger partial charge in [0.2, 0.25) is 0 Å². The molecule has 0 fully saturated rings. The van der Waals surface area contributed by atoms with Gasteiger partial charge in [0.1, 0.15) is 0 Å². The third-order valence-corrected chi connectivity index (χ3v) is 10.1. The van der Waals surface area contributed by atoms with E-state index >= 15 is 0 Å². The van der Waals surface area contributed by atoms with Crippen molar-refractivity contribution in [1.29, 1.82) is 0 Å². The minimum Gasteiger partial charge on any atom is -0.330 e. The van der Waals surface area contributed by atoms with Crippen LogP contribution < -0.4 is 11.5 Å². The standard InChI is InChI=1S/C38H80N2/c1-5-9-13-17-21-25-31-37(33-29-30-36-39,32-26-22-18-14-10-6-2)38(40,34-27-23-19-15-11-7-3)35-28-24-20-16-12-8-4/h5-36,39-40H2,1-4H3. The Balaban J connectivity index is 5.72. The predicted octanol–water partition coefficient (Wildman–Crippen LogP) is 12.8. The Morgan fingerprint density at radius 2 is 0.575 bits per heavy atom. The Kier molecular flexibility index (Phi) is 29.0. The van der Waals surface area contributed by atoms with Crippen molar-refractivity contribution in [1.82, 2.24) is 0 Å². The fourth-order valence-electron chi connectivity index (χ4n) is 7.31. The maximum atomic E-state index is 7.83. The third kappa shape index (κ3) is 19.9. The molecule has 0 saturated carbocycles. The van der Waals surface area contributed by atoms with Crippen LogP contribution in [0, 0.1) is 5.41 Å². The van der Waals surface area contributed by atoms with E-state index in [1.807, 2.05) is 0 Å². The summed E-state index contributed by atoms with van der Waals surface area (Å²) in [4.78, 5) is 0. The lowest BCUT2D eigenvalue weighted by Crippen LogP contribution is -2.56. The van der Waals surface area contributed by atoms with Crippen molar-refractivity contribution >= 4 is 0 Å². The van der Waals surface area contributed by atoms with E-state index in [4.69, 9.17) is 11.5 Å². The van der Waals surface area contributed by atoms with Crippen molar-refractivity contribution in [2.75, 3.05) is 6.54 Å². The van der Waals surface area contributed by atoms with Crippen LogP contribution in [0.25, 0.3) is 0 Å². The van der Waals surface area contributed by atoms with Crippen LogP contribution in [-0.4, -0.2) is 12.1 Å². The van der Waals surface area contributed by atoms with E-state index in [0.29, 0.717) is 5.41 Å². The normalized spacial score (nSPS) is 12.4. The molecule has 0 spiro atoms. The second kappa shape index (κ2) is 29.0. The van der Waals surface area contributed by atoms with Gasteiger partial charge >= 0.3 is 0 Å². The second-order valence-corrected chi connectivity index (χ2v) is 13.8. The molecule has 0 aromatic carbocycles. The molecule has 2 heteroatoms.